The van der Waals surface area contributed by atoms with Gasteiger partial charge >= 0.3 is 12.1 Å². The number of esters is 1. The zero-order chi connectivity index (χ0) is 13.3. The highest BCUT2D eigenvalue weighted by Gasteiger charge is 2.55. The summed E-state index contributed by atoms with van der Waals surface area (Å²) in [6.45, 7) is 3.57. The number of aryl methyl sites for hydroxylation is 1. The second-order valence-corrected chi connectivity index (χ2v) is 3.99. The van der Waals surface area contributed by atoms with Crippen LogP contribution in [-0.4, -0.2) is 12.1 Å². The zero-order valence-corrected chi connectivity index (χ0v) is 9.76. The van der Waals surface area contributed by atoms with E-state index in [1.165, 1.54) is 12.1 Å². The molecule has 0 aromatic heterocycles. The first kappa shape index (κ1) is 13.5. The minimum absolute atomic E-state index is 0.0919. The van der Waals surface area contributed by atoms with Crippen LogP contribution in [0.4, 0.5) is 13.2 Å². The fourth-order valence-corrected chi connectivity index (χ4v) is 1.44. The van der Waals surface area contributed by atoms with Crippen LogP contribution in [0.3, 0.4) is 0 Å². The van der Waals surface area contributed by atoms with Gasteiger partial charge in [0.1, 0.15) is 0 Å². The Bertz CT molecular complexity index is 409. The summed E-state index contributed by atoms with van der Waals surface area (Å²) in [6.07, 6.45) is -4.66. The molecule has 0 radical (unpaired) electrons. The average Bonchev–Trinajstić information content (AvgIpc) is 2.15. The summed E-state index contributed by atoms with van der Waals surface area (Å²) < 4.78 is 43.4. The summed E-state index contributed by atoms with van der Waals surface area (Å²) >= 11 is 0. The molecule has 2 nitrogen and oxygen atoms in total. The summed E-state index contributed by atoms with van der Waals surface area (Å²) in [6, 6.07) is 5.71. The third kappa shape index (κ3) is 2.78. The summed E-state index contributed by atoms with van der Waals surface area (Å²) in [5.74, 6) is -0.967. The van der Waals surface area contributed by atoms with Crippen molar-refractivity contribution in [2.24, 2.45) is 0 Å². The number of alkyl halides is 3. The molecule has 1 atom stereocenters. The number of benzene rings is 1. The monoisotopic (exact) mass is 246 g/mol. The SMILES string of the molecule is CC(=O)OC(C)(c1ccc(C)cc1)C(F)(F)F. The number of hydrogen-bond donors (Lipinski definition) is 0. The molecule has 1 rings (SSSR count). The Balaban J connectivity index is 3.24. The fraction of sp³-hybridized carbons (Fsp3) is 0.417. The first-order valence-electron chi connectivity index (χ1n) is 5.00. The van der Waals surface area contributed by atoms with Gasteiger partial charge in [0, 0.05) is 12.5 Å². The molecule has 0 bridgehead atoms. The summed E-state index contributed by atoms with van der Waals surface area (Å²) in [5, 5.41) is 0. The predicted octanol–water partition coefficient (Wildman–Crippen LogP) is 3.34. The number of carbonyl (C=O) groups excluding carboxylic acids is 1. The molecule has 0 saturated heterocycles. The zero-order valence-electron chi connectivity index (χ0n) is 9.76. The first-order valence-corrected chi connectivity index (χ1v) is 5.00. The Hall–Kier alpha value is -1.52. The molecule has 0 N–H and O–H groups in total. The highest BCUT2D eigenvalue weighted by Crippen LogP contribution is 2.41. The quantitative estimate of drug-likeness (QED) is 0.748. The number of ether oxygens (including phenoxy) is 1. The third-order valence-electron chi connectivity index (χ3n) is 2.49. The lowest BCUT2D eigenvalue weighted by Gasteiger charge is -2.31. The topological polar surface area (TPSA) is 26.3 Å². The molecule has 5 heteroatoms. The number of carbonyl (C=O) groups is 1. The average molecular weight is 246 g/mol. The number of hydrogen-bond acceptors (Lipinski definition) is 2. The summed E-state index contributed by atoms with van der Waals surface area (Å²) in [5.41, 5.74) is -1.86. The molecule has 1 aromatic rings. The molecule has 17 heavy (non-hydrogen) atoms. The summed E-state index contributed by atoms with van der Waals surface area (Å²) in [7, 11) is 0. The normalized spacial score (nSPS) is 15.2. The van der Waals surface area contributed by atoms with Crippen molar-refractivity contribution in [2.45, 2.75) is 32.5 Å². The second kappa shape index (κ2) is 4.39. The van der Waals surface area contributed by atoms with Gasteiger partial charge in [0.05, 0.1) is 0 Å². The Labute approximate surface area is 97.4 Å². The number of halogens is 3. The van der Waals surface area contributed by atoms with Crippen molar-refractivity contribution in [3.63, 3.8) is 0 Å². The fourth-order valence-electron chi connectivity index (χ4n) is 1.44. The maximum absolute atomic E-state index is 13.0. The smallest absolute Gasteiger partial charge is 0.432 e. The van der Waals surface area contributed by atoms with E-state index in [1.807, 2.05) is 0 Å². The van der Waals surface area contributed by atoms with Gasteiger partial charge in [-0.2, -0.15) is 13.2 Å². The minimum atomic E-state index is -4.66. The molecule has 0 saturated carbocycles. The molecular formula is C12H13F3O2. The van der Waals surface area contributed by atoms with Crippen molar-refractivity contribution in [1.29, 1.82) is 0 Å². The molecule has 1 unspecified atom stereocenters. The Morgan fingerprint density at radius 3 is 2.00 bits per heavy atom. The van der Waals surface area contributed by atoms with Crippen LogP contribution in [0.5, 0.6) is 0 Å². The molecular weight excluding hydrogens is 233 g/mol. The molecule has 0 aliphatic carbocycles. The molecule has 1 aromatic carbocycles. The van der Waals surface area contributed by atoms with Gasteiger partial charge in [-0.15, -0.1) is 0 Å². The molecule has 0 aliphatic rings. The van der Waals surface area contributed by atoms with Crippen molar-refractivity contribution >= 4 is 5.97 Å². The maximum atomic E-state index is 13.0. The number of rotatable bonds is 2. The largest absolute Gasteiger partial charge is 0.445 e. The Kier molecular flexibility index (Phi) is 3.50. The summed E-state index contributed by atoms with van der Waals surface area (Å²) in [4.78, 5) is 10.8. The highest BCUT2D eigenvalue weighted by molar-refractivity contribution is 5.67. The van der Waals surface area contributed by atoms with Crippen LogP contribution in [0, 0.1) is 6.92 Å². The lowest BCUT2D eigenvalue weighted by atomic mass is 9.94. The van der Waals surface area contributed by atoms with E-state index in [9.17, 15) is 18.0 Å². The van der Waals surface area contributed by atoms with Crippen molar-refractivity contribution < 1.29 is 22.7 Å². The van der Waals surface area contributed by atoms with E-state index in [4.69, 9.17) is 0 Å². The van der Waals surface area contributed by atoms with Gasteiger partial charge in [0.2, 0.25) is 5.60 Å². The van der Waals surface area contributed by atoms with Crippen LogP contribution in [0.25, 0.3) is 0 Å². The van der Waals surface area contributed by atoms with Crippen LogP contribution in [0.2, 0.25) is 0 Å². The molecule has 94 valence electrons. The van der Waals surface area contributed by atoms with Gasteiger partial charge in [-0.25, -0.2) is 0 Å². The molecule has 0 aliphatic heterocycles. The van der Waals surface area contributed by atoms with E-state index < -0.39 is 17.7 Å². The standard InChI is InChI=1S/C12H13F3O2/c1-8-4-6-10(7-5-8)11(3,12(13,14)15)17-9(2)16/h4-7H,1-3H3. The Morgan fingerprint density at radius 1 is 1.18 bits per heavy atom. The van der Waals surface area contributed by atoms with Crippen LogP contribution in [0.1, 0.15) is 25.0 Å². The molecule has 0 fully saturated rings. The maximum Gasteiger partial charge on any atom is 0.432 e. The van der Waals surface area contributed by atoms with Gasteiger partial charge in [-0.3, -0.25) is 4.79 Å². The van der Waals surface area contributed by atoms with Gasteiger partial charge in [0.25, 0.3) is 0 Å². The van der Waals surface area contributed by atoms with Crippen molar-refractivity contribution in [2.75, 3.05) is 0 Å². The molecule has 0 heterocycles. The van der Waals surface area contributed by atoms with Crippen molar-refractivity contribution in [3.8, 4) is 0 Å². The van der Waals surface area contributed by atoms with Gasteiger partial charge < -0.3 is 4.74 Å². The molecule has 0 spiro atoms. The van der Waals surface area contributed by atoms with Crippen molar-refractivity contribution in [3.05, 3.63) is 35.4 Å². The minimum Gasteiger partial charge on any atom is -0.445 e. The van der Waals surface area contributed by atoms with Gasteiger partial charge in [-0.05, 0) is 13.8 Å². The van der Waals surface area contributed by atoms with E-state index in [0.29, 0.717) is 0 Å². The van der Waals surface area contributed by atoms with Crippen LogP contribution in [0.15, 0.2) is 24.3 Å². The van der Waals surface area contributed by atoms with E-state index in [0.717, 1.165) is 19.4 Å². The van der Waals surface area contributed by atoms with Gasteiger partial charge in [0.15, 0.2) is 0 Å². The lowest BCUT2D eigenvalue weighted by molar-refractivity contribution is -0.268. The predicted molar refractivity (Wildman–Crippen MR) is 56.4 cm³/mol. The van der Waals surface area contributed by atoms with Crippen LogP contribution >= 0.6 is 0 Å². The second-order valence-electron chi connectivity index (χ2n) is 3.99. The highest BCUT2D eigenvalue weighted by atomic mass is 19.4. The van der Waals surface area contributed by atoms with E-state index >= 15 is 0 Å². The van der Waals surface area contributed by atoms with E-state index in [2.05, 4.69) is 4.74 Å². The van der Waals surface area contributed by atoms with Gasteiger partial charge in [-0.1, -0.05) is 29.8 Å². The van der Waals surface area contributed by atoms with Crippen LogP contribution < -0.4 is 0 Å². The lowest BCUT2D eigenvalue weighted by Crippen LogP contribution is -2.43. The van der Waals surface area contributed by atoms with E-state index in [-0.39, 0.29) is 5.56 Å². The van der Waals surface area contributed by atoms with Crippen LogP contribution in [-0.2, 0) is 15.1 Å². The molecule has 0 amide bonds. The first-order chi connectivity index (χ1) is 7.67. The van der Waals surface area contributed by atoms with Crippen molar-refractivity contribution in [1.82, 2.24) is 0 Å². The third-order valence-corrected chi connectivity index (χ3v) is 2.49. The Morgan fingerprint density at radius 2 is 1.65 bits per heavy atom. The van der Waals surface area contributed by atoms with E-state index in [1.54, 1.807) is 19.1 Å².